The van der Waals surface area contributed by atoms with E-state index in [4.69, 9.17) is 0 Å². The van der Waals surface area contributed by atoms with Gasteiger partial charge in [0.05, 0.1) is 6.04 Å². The smallest absolute Gasteiger partial charge is 0.127 e. The van der Waals surface area contributed by atoms with Gasteiger partial charge in [0.25, 0.3) is 0 Å². The Bertz CT molecular complexity index is 362. The second kappa shape index (κ2) is 5.16. The van der Waals surface area contributed by atoms with Crippen molar-refractivity contribution in [2.24, 2.45) is 7.05 Å². The van der Waals surface area contributed by atoms with Crippen LogP contribution in [-0.2, 0) is 7.05 Å². The fourth-order valence-electron chi connectivity index (χ4n) is 2.57. The Balaban J connectivity index is 2.20. The topological polar surface area (TPSA) is 36.3 Å². The molecule has 5 nitrogen and oxygen atoms in total. The van der Waals surface area contributed by atoms with Gasteiger partial charge in [-0.3, -0.25) is 4.90 Å². The van der Waals surface area contributed by atoms with Crippen molar-refractivity contribution >= 4 is 0 Å². The average Bonchev–Trinajstić information content (AvgIpc) is 2.71. The maximum Gasteiger partial charge on any atom is 0.127 e. The number of imidazole rings is 1. The molecule has 1 saturated heterocycles. The zero-order chi connectivity index (χ0) is 12.4. The minimum Gasteiger partial charge on any atom is -0.337 e. The number of nitrogens with one attached hydrogen (secondary N) is 1. The summed E-state index contributed by atoms with van der Waals surface area (Å²) in [6, 6.07) is 0.752. The molecule has 0 aromatic carbocycles. The van der Waals surface area contributed by atoms with Crippen LogP contribution in [0.5, 0.6) is 0 Å². The minimum absolute atomic E-state index is 0.280. The van der Waals surface area contributed by atoms with E-state index in [1.54, 1.807) is 0 Å². The summed E-state index contributed by atoms with van der Waals surface area (Å²) in [4.78, 5) is 9.29. The van der Waals surface area contributed by atoms with Gasteiger partial charge >= 0.3 is 0 Å². The summed E-state index contributed by atoms with van der Waals surface area (Å²) in [6.07, 6.45) is 3.87. The highest BCUT2D eigenvalue weighted by molar-refractivity contribution is 5.04. The van der Waals surface area contributed by atoms with Crippen LogP contribution in [0, 0.1) is 0 Å². The molecule has 0 bridgehead atoms. The van der Waals surface area contributed by atoms with Crippen molar-refractivity contribution in [1.29, 1.82) is 0 Å². The lowest BCUT2D eigenvalue weighted by molar-refractivity contribution is 0.0868. The summed E-state index contributed by atoms with van der Waals surface area (Å²) in [5.41, 5.74) is 0. The van der Waals surface area contributed by atoms with Gasteiger partial charge in [-0.05, 0) is 21.1 Å². The second-order valence-electron chi connectivity index (χ2n) is 4.97. The molecule has 1 aliphatic rings. The first kappa shape index (κ1) is 12.5. The molecule has 1 aromatic rings. The summed E-state index contributed by atoms with van der Waals surface area (Å²) in [6.45, 7) is 3.34. The Kier molecular flexibility index (Phi) is 3.81. The SMILES string of the molecule is CNC(c1nccn1C)C1CN(C)CCN1C. The predicted octanol–water partition coefficient (Wildman–Crippen LogP) is -0.0736. The number of likely N-dealkylation sites (N-methyl/N-ethyl adjacent to an activating group) is 3. The zero-order valence-corrected chi connectivity index (χ0v) is 11.2. The molecule has 1 N–H and O–H groups in total. The van der Waals surface area contributed by atoms with Gasteiger partial charge in [-0.25, -0.2) is 4.98 Å². The first-order chi connectivity index (χ1) is 8.13. The third-order valence-corrected chi connectivity index (χ3v) is 3.73. The number of nitrogens with zero attached hydrogens (tertiary/aromatic N) is 4. The highest BCUT2D eigenvalue weighted by Gasteiger charge is 2.31. The molecule has 0 saturated carbocycles. The third-order valence-electron chi connectivity index (χ3n) is 3.73. The molecule has 1 aromatic heterocycles. The molecule has 2 heterocycles. The van der Waals surface area contributed by atoms with Gasteiger partial charge in [-0.15, -0.1) is 0 Å². The Labute approximate surface area is 103 Å². The first-order valence-corrected chi connectivity index (χ1v) is 6.16. The van der Waals surface area contributed by atoms with Gasteiger partial charge in [-0.2, -0.15) is 0 Å². The maximum absolute atomic E-state index is 4.48. The molecule has 2 rings (SSSR count). The van der Waals surface area contributed by atoms with Crippen LogP contribution in [0.1, 0.15) is 11.9 Å². The standard InChI is InChI=1S/C12H23N5/c1-13-11(12-14-5-6-17(12)4)10-9-15(2)7-8-16(10)3/h5-6,10-11,13H,7-9H2,1-4H3. The van der Waals surface area contributed by atoms with Crippen LogP contribution in [0.3, 0.4) is 0 Å². The lowest BCUT2D eigenvalue weighted by atomic mass is 10.0. The molecule has 0 spiro atoms. The summed E-state index contributed by atoms with van der Waals surface area (Å²) in [7, 11) is 8.46. The highest BCUT2D eigenvalue weighted by atomic mass is 15.3. The molecule has 0 radical (unpaired) electrons. The molecule has 2 unspecified atom stereocenters. The molecule has 1 aliphatic heterocycles. The van der Waals surface area contributed by atoms with Crippen LogP contribution in [-0.4, -0.2) is 66.2 Å². The van der Waals surface area contributed by atoms with E-state index in [1.807, 2.05) is 19.4 Å². The largest absolute Gasteiger partial charge is 0.337 e. The van der Waals surface area contributed by atoms with Crippen LogP contribution in [0.25, 0.3) is 0 Å². The van der Waals surface area contributed by atoms with E-state index in [1.165, 1.54) is 0 Å². The number of piperazine rings is 1. The van der Waals surface area contributed by atoms with Gasteiger partial charge in [0.1, 0.15) is 5.82 Å². The second-order valence-corrected chi connectivity index (χ2v) is 4.97. The van der Waals surface area contributed by atoms with Crippen molar-refractivity contribution in [1.82, 2.24) is 24.7 Å². The van der Waals surface area contributed by atoms with Crippen LogP contribution in [0.4, 0.5) is 0 Å². The van der Waals surface area contributed by atoms with E-state index in [0.29, 0.717) is 6.04 Å². The fourth-order valence-corrected chi connectivity index (χ4v) is 2.57. The zero-order valence-electron chi connectivity index (χ0n) is 11.2. The van der Waals surface area contributed by atoms with Crippen LogP contribution in [0.2, 0.25) is 0 Å². The van der Waals surface area contributed by atoms with Crippen molar-refractivity contribution in [3.05, 3.63) is 18.2 Å². The average molecular weight is 237 g/mol. The van der Waals surface area contributed by atoms with E-state index in [0.717, 1.165) is 25.5 Å². The maximum atomic E-state index is 4.48. The van der Waals surface area contributed by atoms with E-state index < -0.39 is 0 Å². The molecule has 0 aliphatic carbocycles. The highest BCUT2D eigenvalue weighted by Crippen LogP contribution is 2.21. The first-order valence-electron chi connectivity index (χ1n) is 6.16. The lowest BCUT2D eigenvalue weighted by Crippen LogP contribution is -2.55. The van der Waals surface area contributed by atoms with E-state index >= 15 is 0 Å². The molecule has 2 atom stereocenters. The number of rotatable bonds is 3. The van der Waals surface area contributed by atoms with Gasteiger partial charge in [-0.1, -0.05) is 0 Å². The van der Waals surface area contributed by atoms with E-state index in [-0.39, 0.29) is 6.04 Å². The van der Waals surface area contributed by atoms with Gasteiger partial charge in [0.2, 0.25) is 0 Å². The Morgan fingerprint density at radius 2 is 2.12 bits per heavy atom. The monoisotopic (exact) mass is 237 g/mol. The number of aromatic nitrogens is 2. The Morgan fingerprint density at radius 1 is 1.35 bits per heavy atom. The fraction of sp³-hybridized carbons (Fsp3) is 0.750. The van der Waals surface area contributed by atoms with Crippen molar-refractivity contribution < 1.29 is 0 Å². The summed E-state index contributed by atoms with van der Waals surface area (Å²) >= 11 is 0. The van der Waals surface area contributed by atoms with Crippen LogP contribution >= 0.6 is 0 Å². The van der Waals surface area contributed by atoms with Crippen molar-refractivity contribution in [3.63, 3.8) is 0 Å². The number of aryl methyl sites for hydroxylation is 1. The summed E-state index contributed by atoms with van der Waals surface area (Å²) < 4.78 is 2.10. The van der Waals surface area contributed by atoms with E-state index in [2.05, 4.69) is 45.8 Å². The normalized spacial score (nSPS) is 25.1. The third kappa shape index (κ3) is 2.51. The molecular formula is C12H23N5. The van der Waals surface area contributed by atoms with Crippen LogP contribution < -0.4 is 5.32 Å². The number of hydrogen-bond donors (Lipinski definition) is 1. The summed E-state index contributed by atoms with van der Waals surface area (Å²) in [5, 5.41) is 3.41. The Morgan fingerprint density at radius 3 is 2.71 bits per heavy atom. The molecule has 0 amide bonds. The molecule has 17 heavy (non-hydrogen) atoms. The van der Waals surface area contributed by atoms with Crippen LogP contribution in [0.15, 0.2) is 12.4 Å². The van der Waals surface area contributed by atoms with Gasteiger partial charge < -0.3 is 14.8 Å². The molecule has 1 fully saturated rings. The van der Waals surface area contributed by atoms with Crippen molar-refractivity contribution in [2.75, 3.05) is 40.8 Å². The predicted molar refractivity (Wildman–Crippen MR) is 68.9 cm³/mol. The minimum atomic E-state index is 0.280. The van der Waals surface area contributed by atoms with Gasteiger partial charge in [0, 0.05) is 45.1 Å². The van der Waals surface area contributed by atoms with Crippen molar-refractivity contribution in [3.8, 4) is 0 Å². The molecule has 96 valence electrons. The molecular weight excluding hydrogens is 214 g/mol. The number of hydrogen-bond acceptors (Lipinski definition) is 4. The van der Waals surface area contributed by atoms with E-state index in [9.17, 15) is 0 Å². The molecule has 5 heteroatoms. The van der Waals surface area contributed by atoms with Gasteiger partial charge in [0.15, 0.2) is 0 Å². The lowest BCUT2D eigenvalue weighted by Gasteiger charge is -2.41. The quantitative estimate of drug-likeness (QED) is 0.798. The Hall–Kier alpha value is -0.910. The van der Waals surface area contributed by atoms with Crippen molar-refractivity contribution in [2.45, 2.75) is 12.1 Å². The summed E-state index contributed by atoms with van der Waals surface area (Å²) in [5.74, 6) is 1.11.